The summed E-state index contributed by atoms with van der Waals surface area (Å²) in [5, 5.41) is 0. The van der Waals surface area contributed by atoms with Crippen LogP contribution in [0.4, 0.5) is 0 Å². The van der Waals surface area contributed by atoms with Crippen molar-refractivity contribution in [1.82, 2.24) is 69.8 Å². The molecule has 0 spiro atoms. The van der Waals surface area contributed by atoms with Gasteiger partial charge in [0.1, 0.15) is 23.3 Å². The maximum Gasteiger partial charge on any atom is 0.160 e. The van der Waals surface area contributed by atoms with Crippen LogP contribution in [0.1, 0.15) is 29.0 Å². The van der Waals surface area contributed by atoms with Gasteiger partial charge in [-0.2, -0.15) is 0 Å². The minimum atomic E-state index is 0.737. The highest BCUT2D eigenvalue weighted by atomic mass is 14.9. The van der Waals surface area contributed by atoms with Crippen LogP contribution in [0.25, 0.3) is 113 Å². The maximum absolute atomic E-state index is 4.64. The van der Waals surface area contributed by atoms with Gasteiger partial charge in [0, 0.05) is 99.1 Å². The second-order valence-corrected chi connectivity index (χ2v) is 21.6. The minimum absolute atomic E-state index is 0.737. The Hall–Kier alpha value is -12.7. The molecule has 0 radical (unpaired) electrons. The molecule has 14 heteroatoms. The highest BCUT2D eigenvalue weighted by molar-refractivity contribution is 5.71. The number of hydrogen-bond donors (Lipinski definition) is 0. The zero-order chi connectivity index (χ0) is 65.4. The van der Waals surface area contributed by atoms with Crippen LogP contribution in [-0.2, 0) is 0 Å². The van der Waals surface area contributed by atoms with Crippen LogP contribution >= 0.6 is 0 Å². The summed E-state index contributed by atoms with van der Waals surface area (Å²) in [4.78, 5) is 61.6. The van der Waals surface area contributed by atoms with Crippen molar-refractivity contribution in [2.75, 3.05) is 0 Å². The topological polar surface area (TPSA) is 180 Å². The molecule has 0 aliphatic carbocycles. The third-order valence-corrected chi connectivity index (χ3v) is 14.4. The van der Waals surface area contributed by atoms with E-state index in [9.17, 15) is 0 Å². The first-order chi connectivity index (χ1) is 46.6. The number of pyridine rings is 4. The number of rotatable bonds is 10. The first kappa shape index (κ1) is 63.9. The van der Waals surface area contributed by atoms with Gasteiger partial charge in [-0.05, 0) is 113 Å². The van der Waals surface area contributed by atoms with Gasteiger partial charge in [-0.1, -0.05) is 188 Å². The molecule has 0 amide bonds. The smallest absolute Gasteiger partial charge is 0.160 e. The van der Waals surface area contributed by atoms with Crippen LogP contribution < -0.4 is 0 Å². The number of aryl methyl sites for hydroxylation is 5. The lowest BCUT2D eigenvalue weighted by molar-refractivity contribution is 1.05. The summed E-state index contributed by atoms with van der Waals surface area (Å²) in [6.07, 6.45) is 12.4. The molecule has 15 rings (SSSR count). The Kier molecular flexibility index (Phi) is 21.8. The van der Waals surface area contributed by atoms with Gasteiger partial charge in [0.2, 0.25) is 0 Å². The molecule has 0 saturated heterocycles. The van der Waals surface area contributed by atoms with Crippen molar-refractivity contribution in [3.05, 3.63) is 339 Å². The molecule has 0 fully saturated rings. The Balaban J connectivity index is 0.000000121. The van der Waals surface area contributed by atoms with Crippen molar-refractivity contribution in [2.45, 2.75) is 34.6 Å². The molecule has 14 nitrogen and oxygen atoms in total. The second kappa shape index (κ2) is 32.4. The largest absolute Gasteiger partial charge is 0.265 e. The summed E-state index contributed by atoms with van der Waals surface area (Å²) in [6, 6.07) is 88.4. The third-order valence-electron chi connectivity index (χ3n) is 14.4. The summed E-state index contributed by atoms with van der Waals surface area (Å²) in [5.74, 6) is 3.82. The molecule has 0 aliphatic rings. The lowest BCUT2D eigenvalue weighted by atomic mass is 10.1. The van der Waals surface area contributed by atoms with Crippen LogP contribution in [0.15, 0.2) is 310 Å². The molecular weight excluding hydrogens is 1170 g/mol. The van der Waals surface area contributed by atoms with E-state index in [1.807, 2.05) is 247 Å². The van der Waals surface area contributed by atoms with Gasteiger partial charge in [0.15, 0.2) is 5.82 Å². The van der Waals surface area contributed by atoms with Gasteiger partial charge in [0.05, 0.1) is 56.9 Å². The first-order valence-electron chi connectivity index (χ1n) is 30.9. The Morgan fingerprint density at radius 3 is 0.821 bits per heavy atom. The molecule has 0 atom stereocenters. The van der Waals surface area contributed by atoms with E-state index in [0.29, 0.717) is 0 Å². The number of nitrogens with zero attached hydrogens (tertiary/aromatic N) is 14. The molecule has 0 unspecified atom stereocenters. The predicted molar refractivity (Wildman–Crippen MR) is 379 cm³/mol. The quantitative estimate of drug-likeness (QED) is 0.126. The van der Waals surface area contributed by atoms with E-state index in [-0.39, 0.29) is 0 Å². The Labute approximate surface area is 553 Å². The fraction of sp³-hybridized carbons (Fsp3) is 0.0617. The van der Waals surface area contributed by atoms with E-state index < -0.39 is 0 Å². The van der Waals surface area contributed by atoms with Gasteiger partial charge >= 0.3 is 0 Å². The summed E-state index contributed by atoms with van der Waals surface area (Å²) in [7, 11) is 0. The predicted octanol–water partition coefficient (Wildman–Crippen LogP) is 18.2. The summed E-state index contributed by atoms with van der Waals surface area (Å²) < 4.78 is 0. The fourth-order valence-corrected chi connectivity index (χ4v) is 9.99. The van der Waals surface area contributed by atoms with Gasteiger partial charge in [0.25, 0.3) is 0 Å². The molecule has 9 aromatic heterocycles. The molecular formula is C81H66N14. The van der Waals surface area contributed by atoms with Crippen LogP contribution in [0.2, 0.25) is 0 Å². The molecule has 0 bridgehead atoms. The summed E-state index contributed by atoms with van der Waals surface area (Å²) in [6.45, 7) is 9.64. The highest BCUT2D eigenvalue weighted by Gasteiger charge is 2.12. The average molecular weight is 1240 g/mol. The van der Waals surface area contributed by atoms with Crippen LogP contribution in [0.5, 0.6) is 0 Å². The first-order valence-corrected chi connectivity index (χ1v) is 30.9. The highest BCUT2D eigenvalue weighted by Crippen LogP contribution is 2.28. The second-order valence-electron chi connectivity index (χ2n) is 21.6. The Morgan fingerprint density at radius 1 is 0.189 bits per heavy atom. The van der Waals surface area contributed by atoms with E-state index in [0.717, 1.165) is 142 Å². The lowest BCUT2D eigenvalue weighted by Gasteiger charge is -2.06. The van der Waals surface area contributed by atoms with Crippen molar-refractivity contribution in [3.8, 4) is 113 Å². The molecule has 460 valence electrons. The third kappa shape index (κ3) is 18.3. The molecule has 0 saturated carbocycles. The van der Waals surface area contributed by atoms with E-state index in [1.165, 1.54) is 0 Å². The summed E-state index contributed by atoms with van der Waals surface area (Å²) >= 11 is 0. The molecule has 0 N–H and O–H groups in total. The van der Waals surface area contributed by atoms with E-state index in [4.69, 9.17) is 0 Å². The number of hydrogen-bond acceptors (Lipinski definition) is 14. The fourth-order valence-electron chi connectivity index (χ4n) is 9.99. The van der Waals surface area contributed by atoms with Crippen molar-refractivity contribution >= 4 is 0 Å². The monoisotopic (exact) mass is 1230 g/mol. The van der Waals surface area contributed by atoms with E-state index in [1.54, 1.807) is 37.2 Å². The van der Waals surface area contributed by atoms with Crippen LogP contribution in [-0.4, -0.2) is 69.8 Å². The minimum Gasteiger partial charge on any atom is -0.265 e. The Bertz CT molecular complexity index is 3830. The average Bonchev–Trinajstić information content (AvgIpc) is 1.37. The molecule has 6 aromatic carbocycles. The molecule has 95 heavy (non-hydrogen) atoms. The zero-order valence-corrected chi connectivity index (χ0v) is 53.2. The Morgan fingerprint density at radius 2 is 0.484 bits per heavy atom. The summed E-state index contributed by atoms with van der Waals surface area (Å²) in [5.41, 5.74) is 19.8. The standard InChI is InChI=1S/C17H14N2.4C16H13N3/c1-13-18-16(14-8-4-2-5-9-14)12-17(19-13)15-10-6-3-7-11-15;1-12-18-15(13-7-3-2-4-8-13)11-16(19-12)14-9-5-6-10-17-14;1-12-18-15(13-6-3-2-4-7-13)10-16(19-12)14-8-5-9-17-11-14;1-12-18-15(13-5-3-2-4-6-13)11-16(19-12)14-7-9-17-10-8-14;1-12-11-15(13-5-3-2-4-6-13)19-16(18-12)14-7-9-17-10-8-14/h2-12H,1H3;4*2-11H,1H3. The maximum atomic E-state index is 4.64. The van der Waals surface area contributed by atoms with Crippen molar-refractivity contribution in [2.24, 2.45) is 0 Å². The normalized spacial score (nSPS) is 10.4. The van der Waals surface area contributed by atoms with Crippen LogP contribution in [0, 0.1) is 34.6 Å². The van der Waals surface area contributed by atoms with Gasteiger partial charge in [-0.3, -0.25) is 19.9 Å². The van der Waals surface area contributed by atoms with Gasteiger partial charge < -0.3 is 0 Å². The SMILES string of the molecule is Cc1cc(-c2ccccc2)nc(-c2ccncc2)n1.Cc1nc(-c2ccccc2)cc(-c2ccccc2)n1.Cc1nc(-c2ccccc2)cc(-c2ccccn2)n1.Cc1nc(-c2ccccc2)cc(-c2cccnc2)n1.Cc1nc(-c2ccccc2)cc(-c2ccncc2)n1. The van der Waals surface area contributed by atoms with Crippen LogP contribution in [0.3, 0.4) is 0 Å². The van der Waals surface area contributed by atoms with E-state index in [2.05, 4.69) is 130 Å². The molecule has 0 aliphatic heterocycles. The molecule has 15 aromatic rings. The van der Waals surface area contributed by atoms with Crippen molar-refractivity contribution in [3.63, 3.8) is 0 Å². The molecule has 9 heterocycles. The van der Waals surface area contributed by atoms with Gasteiger partial charge in [-0.15, -0.1) is 0 Å². The number of benzene rings is 6. The lowest BCUT2D eigenvalue weighted by Crippen LogP contribution is -1.95. The zero-order valence-electron chi connectivity index (χ0n) is 53.2. The van der Waals surface area contributed by atoms with Gasteiger partial charge in [-0.25, -0.2) is 49.8 Å². The number of aromatic nitrogens is 14. The van der Waals surface area contributed by atoms with Crippen molar-refractivity contribution in [1.29, 1.82) is 0 Å². The van der Waals surface area contributed by atoms with Crippen molar-refractivity contribution < 1.29 is 0 Å². The van der Waals surface area contributed by atoms with E-state index >= 15 is 0 Å².